The SMILES string of the molecule is CC[C@H](C)OC(=O)[C@H](C)NP(=O)(OCc1ccccc1)OC[C@H]1O[C@@H](n2ccc(=O)[nH]c2=O)[C@@](F)(Cl)[C@@H]1O. The van der Waals surface area contributed by atoms with Crippen LogP contribution in [0.15, 0.2) is 52.2 Å². The molecule has 0 aliphatic carbocycles. The number of hydrogen-bond donors (Lipinski definition) is 3. The van der Waals surface area contributed by atoms with Gasteiger partial charge >= 0.3 is 19.4 Å². The highest BCUT2D eigenvalue weighted by molar-refractivity contribution is 7.51. The van der Waals surface area contributed by atoms with Gasteiger partial charge in [0.05, 0.1) is 19.3 Å². The van der Waals surface area contributed by atoms with Gasteiger partial charge in [0.2, 0.25) is 0 Å². The summed E-state index contributed by atoms with van der Waals surface area (Å²) in [5, 5.41) is 9.95. The van der Waals surface area contributed by atoms with Gasteiger partial charge in [0.25, 0.3) is 10.7 Å². The van der Waals surface area contributed by atoms with Crippen LogP contribution in [0, 0.1) is 0 Å². The molecule has 1 aromatic carbocycles. The lowest BCUT2D eigenvalue weighted by Crippen LogP contribution is -2.42. The molecule has 1 fully saturated rings. The molecule has 1 unspecified atom stereocenters. The highest BCUT2D eigenvalue weighted by Crippen LogP contribution is 2.49. The van der Waals surface area contributed by atoms with Crippen LogP contribution in [-0.2, 0) is 34.5 Å². The summed E-state index contributed by atoms with van der Waals surface area (Å²) in [6, 6.07) is 8.52. The number of alkyl halides is 2. The van der Waals surface area contributed by atoms with Gasteiger partial charge in [0, 0.05) is 12.3 Å². The maximum Gasteiger partial charge on any atom is 0.406 e. The van der Waals surface area contributed by atoms with E-state index in [0.29, 0.717) is 16.6 Å². The van der Waals surface area contributed by atoms with Crippen molar-refractivity contribution in [3.8, 4) is 0 Å². The molecule has 1 saturated heterocycles. The third kappa shape index (κ3) is 7.38. The van der Waals surface area contributed by atoms with Crippen LogP contribution in [0.4, 0.5) is 4.39 Å². The number of aromatic amines is 1. The standard InChI is InChI=1S/C23H30ClFN3O9P/c1-4-14(2)36-20(31)15(3)27-38(33,34-12-16-8-6-5-7-9-16)35-13-17-19(30)23(24,25)21(37-17)28-11-10-18(29)26-22(28)32/h5-11,14-15,17,19,21,30H,4,12-13H2,1-3H3,(H,27,33)(H,26,29,32)/t14-,15-,17+,19+,21+,23+,38?/m0/s1. The minimum atomic E-state index is -4.30. The van der Waals surface area contributed by atoms with Crippen molar-refractivity contribution in [2.75, 3.05) is 6.61 Å². The van der Waals surface area contributed by atoms with Crippen molar-refractivity contribution in [2.45, 2.75) is 69.5 Å². The fraction of sp³-hybridized carbons (Fsp3) is 0.522. The lowest BCUT2D eigenvalue weighted by atomic mass is 10.1. The van der Waals surface area contributed by atoms with Crippen LogP contribution in [0.2, 0.25) is 0 Å². The topological polar surface area (TPSA) is 158 Å². The summed E-state index contributed by atoms with van der Waals surface area (Å²) in [5.41, 5.74) is -1.11. The summed E-state index contributed by atoms with van der Waals surface area (Å²) in [6.45, 7) is 4.04. The van der Waals surface area contributed by atoms with E-state index in [1.807, 2.05) is 11.9 Å². The number of aromatic nitrogens is 2. The molecule has 0 bridgehead atoms. The minimum Gasteiger partial charge on any atom is -0.462 e. The Labute approximate surface area is 222 Å². The molecule has 1 aromatic heterocycles. The molecule has 2 aromatic rings. The fourth-order valence-electron chi connectivity index (χ4n) is 3.41. The summed E-state index contributed by atoms with van der Waals surface area (Å²) in [5.74, 6) is -0.704. The van der Waals surface area contributed by atoms with Crippen molar-refractivity contribution in [3.63, 3.8) is 0 Å². The van der Waals surface area contributed by atoms with Gasteiger partial charge in [0.1, 0.15) is 18.2 Å². The Hall–Kier alpha value is -2.38. The molecular formula is C23H30ClFN3O9P. The van der Waals surface area contributed by atoms with Gasteiger partial charge < -0.3 is 14.6 Å². The average Bonchev–Trinajstić information content (AvgIpc) is 3.10. The van der Waals surface area contributed by atoms with E-state index in [9.17, 15) is 24.1 Å². The number of H-pyrrole nitrogens is 1. The molecule has 0 spiro atoms. The van der Waals surface area contributed by atoms with E-state index in [-0.39, 0.29) is 12.7 Å². The number of benzene rings is 1. The Kier molecular flexibility index (Phi) is 10.0. The Morgan fingerprint density at radius 1 is 1.29 bits per heavy atom. The van der Waals surface area contributed by atoms with Gasteiger partial charge in [-0.1, -0.05) is 48.9 Å². The first-order valence-electron chi connectivity index (χ1n) is 11.8. The van der Waals surface area contributed by atoms with E-state index in [4.69, 9.17) is 30.1 Å². The molecule has 3 N–H and O–H groups in total. The molecule has 210 valence electrons. The average molecular weight is 578 g/mol. The van der Waals surface area contributed by atoms with Crippen molar-refractivity contribution in [2.24, 2.45) is 0 Å². The van der Waals surface area contributed by atoms with Gasteiger partial charge in [0.15, 0.2) is 6.23 Å². The second kappa shape index (κ2) is 12.6. The summed E-state index contributed by atoms with van der Waals surface area (Å²) >= 11 is 5.88. The number of aliphatic hydroxyl groups is 1. The number of carbonyl (C=O) groups is 1. The number of esters is 1. The van der Waals surface area contributed by atoms with Crippen LogP contribution in [0.25, 0.3) is 0 Å². The normalized spacial score (nSPS) is 26.4. The summed E-state index contributed by atoms with van der Waals surface area (Å²) in [4.78, 5) is 37.8. The van der Waals surface area contributed by atoms with Crippen LogP contribution in [0.1, 0.15) is 39.0 Å². The van der Waals surface area contributed by atoms with Gasteiger partial charge in [-0.05, 0) is 25.8 Å². The zero-order valence-electron chi connectivity index (χ0n) is 20.9. The number of aliphatic hydroxyl groups excluding tert-OH is 1. The van der Waals surface area contributed by atoms with Crippen molar-refractivity contribution < 1.29 is 37.4 Å². The van der Waals surface area contributed by atoms with Crippen LogP contribution in [0.5, 0.6) is 0 Å². The largest absolute Gasteiger partial charge is 0.462 e. The van der Waals surface area contributed by atoms with Crippen LogP contribution < -0.4 is 16.3 Å². The zero-order chi connectivity index (χ0) is 28.1. The van der Waals surface area contributed by atoms with Gasteiger partial charge in [-0.15, -0.1) is 0 Å². The molecule has 0 saturated carbocycles. The summed E-state index contributed by atoms with van der Waals surface area (Å²) in [7, 11) is -4.30. The van der Waals surface area contributed by atoms with Crippen molar-refractivity contribution >= 4 is 25.3 Å². The first kappa shape index (κ1) is 30.2. The first-order valence-corrected chi connectivity index (χ1v) is 13.7. The monoisotopic (exact) mass is 577 g/mol. The van der Waals surface area contributed by atoms with E-state index in [1.165, 1.54) is 6.92 Å². The number of halogens is 2. The molecular weight excluding hydrogens is 548 g/mol. The first-order chi connectivity index (χ1) is 17.9. The molecule has 12 nitrogen and oxygen atoms in total. The summed E-state index contributed by atoms with van der Waals surface area (Å²) in [6.07, 6.45) is -4.26. The summed E-state index contributed by atoms with van der Waals surface area (Å²) < 4.78 is 51.2. The van der Waals surface area contributed by atoms with Crippen LogP contribution >= 0.6 is 19.3 Å². The number of ether oxygens (including phenoxy) is 2. The maximum absolute atomic E-state index is 15.3. The third-order valence-electron chi connectivity index (χ3n) is 5.73. The second-order valence-electron chi connectivity index (χ2n) is 8.72. The molecule has 2 heterocycles. The van der Waals surface area contributed by atoms with E-state index < -0.39 is 61.2 Å². The molecule has 15 heteroatoms. The van der Waals surface area contributed by atoms with Crippen LogP contribution in [0.3, 0.4) is 0 Å². The molecule has 3 rings (SSSR count). The number of hydrogen-bond acceptors (Lipinski definition) is 9. The number of carbonyl (C=O) groups excluding carboxylic acids is 1. The van der Waals surface area contributed by atoms with E-state index in [0.717, 1.165) is 12.3 Å². The number of nitrogens with zero attached hydrogens (tertiary/aromatic N) is 1. The van der Waals surface area contributed by atoms with Crippen molar-refractivity contribution in [3.05, 3.63) is 69.0 Å². The molecule has 0 radical (unpaired) electrons. The Morgan fingerprint density at radius 2 is 1.97 bits per heavy atom. The minimum absolute atomic E-state index is 0.176. The van der Waals surface area contributed by atoms with E-state index in [2.05, 4.69) is 5.09 Å². The van der Waals surface area contributed by atoms with Crippen molar-refractivity contribution in [1.82, 2.24) is 14.6 Å². The lowest BCUT2D eigenvalue weighted by Gasteiger charge is -2.25. The quantitative estimate of drug-likeness (QED) is 0.194. The van der Waals surface area contributed by atoms with Crippen LogP contribution in [-0.4, -0.2) is 56.7 Å². The smallest absolute Gasteiger partial charge is 0.406 e. The molecule has 0 amide bonds. The van der Waals surface area contributed by atoms with Crippen molar-refractivity contribution in [1.29, 1.82) is 0 Å². The second-order valence-corrected chi connectivity index (χ2v) is 11.1. The zero-order valence-corrected chi connectivity index (χ0v) is 22.6. The molecule has 1 aliphatic rings. The van der Waals surface area contributed by atoms with Gasteiger partial charge in [-0.2, -0.15) is 0 Å². The third-order valence-corrected chi connectivity index (χ3v) is 7.81. The predicted octanol–water partition coefficient (Wildman–Crippen LogP) is 2.36. The lowest BCUT2D eigenvalue weighted by molar-refractivity contribution is -0.150. The van der Waals surface area contributed by atoms with E-state index in [1.54, 1.807) is 37.3 Å². The Morgan fingerprint density at radius 3 is 2.61 bits per heavy atom. The number of nitrogens with one attached hydrogen (secondary N) is 2. The van der Waals surface area contributed by atoms with Gasteiger partial charge in [-0.25, -0.2) is 18.8 Å². The van der Waals surface area contributed by atoms with Gasteiger partial charge in [-0.3, -0.25) is 28.2 Å². The fourth-order valence-corrected chi connectivity index (χ4v) is 5.17. The molecule has 1 aliphatic heterocycles. The Balaban J connectivity index is 1.76. The molecule has 38 heavy (non-hydrogen) atoms. The van der Waals surface area contributed by atoms with E-state index >= 15 is 4.39 Å². The maximum atomic E-state index is 15.3. The predicted molar refractivity (Wildman–Crippen MR) is 134 cm³/mol. The highest BCUT2D eigenvalue weighted by Gasteiger charge is 2.58. The Bertz CT molecular complexity index is 1260. The molecule has 7 atom stereocenters. The number of rotatable bonds is 12. The highest BCUT2D eigenvalue weighted by atomic mass is 35.5.